The van der Waals surface area contributed by atoms with Gasteiger partial charge in [-0.15, -0.1) is 0 Å². The lowest BCUT2D eigenvalue weighted by molar-refractivity contribution is 0.281. The van der Waals surface area contributed by atoms with Crippen molar-refractivity contribution in [1.82, 2.24) is 0 Å². The Bertz CT molecular complexity index is 919. The number of benzene rings is 2. The minimum Gasteiger partial charge on any atom is -0.472 e. The normalized spacial score (nSPS) is 16.8. The zero-order chi connectivity index (χ0) is 19.6. The molecular formula is C19H16Cl2F2N2O2. The fourth-order valence-corrected chi connectivity index (χ4v) is 3.02. The van der Waals surface area contributed by atoms with Crippen molar-refractivity contribution in [2.75, 3.05) is 4.90 Å². The van der Waals surface area contributed by atoms with Crippen molar-refractivity contribution in [1.29, 1.82) is 0 Å². The van der Waals surface area contributed by atoms with Gasteiger partial charge in [-0.3, -0.25) is 0 Å². The summed E-state index contributed by atoms with van der Waals surface area (Å²) in [7, 11) is 0. The van der Waals surface area contributed by atoms with Crippen LogP contribution >= 0.6 is 23.2 Å². The van der Waals surface area contributed by atoms with Gasteiger partial charge < -0.3 is 14.7 Å². The number of halogens is 4. The Morgan fingerprint density at radius 1 is 1.19 bits per heavy atom. The molecule has 2 aromatic carbocycles. The number of aliphatic hydroxyl groups is 1. The first kappa shape index (κ1) is 19.6. The Kier molecular flexibility index (Phi) is 5.99. The van der Waals surface area contributed by atoms with E-state index in [0.717, 1.165) is 12.1 Å². The van der Waals surface area contributed by atoms with Crippen LogP contribution in [0.25, 0.3) is 0 Å². The molecular weight excluding hydrogens is 397 g/mol. The summed E-state index contributed by atoms with van der Waals surface area (Å²) in [4.78, 5) is 6.13. The van der Waals surface area contributed by atoms with Crippen molar-refractivity contribution in [2.45, 2.75) is 26.3 Å². The molecule has 0 aliphatic carbocycles. The van der Waals surface area contributed by atoms with Crippen LogP contribution in [-0.2, 0) is 18.0 Å². The van der Waals surface area contributed by atoms with Crippen LogP contribution in [0.2, 0.25) is 5.02 Å². The predicted molar refractivity (Wildman–Crippen MR) is 102 cm³/mol. The van der Waals surface area contributed by atoms with E-state index in [1.165, 1.54) is 6.07 Å². The fraction of sp³-hybridized carbons (Fsp3) is 0.211. The molecule has 0 bridgehead atoms. The molecule has 1 N–H and O–H groups in total. The number of ether oxygens (including phenoxy) is 1. The van der Waals surface area contributed by atoms with Gasteiger partial charge in [-0.1, -0.05) is 29.3 Å². The monoisotopic (exact) mass is 412 g/mol. The van der Waals surface area contributed by atoms with E-state index in [1.54, 1.807) is 29.3 Å². The number of hydrogen-bond acceptors (Lipinski definition) is 4. The van der Waals surface area contributed by atoms with Gasteiger partial charge in [0, 0.05) is 17.8 Å². The van der Waals surface area contributed by atoms with E-state index >= 15 is 0 Å². The largest absolute Gasteiger partial charge is 0.472 e. The lowest BCUT2D eigenvalue weighted by Crippen LogP contribution is -2.32. The smallest absolute Gasteiger partial charge is 0.231 e. The maximum atomic E-state index is 13.7. The molecule has 0 aromatic heterocycles. The molecule has 0 amide bonds. The number of hydrogen-bond donors (Lipinski definition) is 1. The van der Waals surface area contributed by atoms with Gasteiger partial charge in [-0.05, 0) is 36.8 Å². The Balaban J connectivity index is 1.78. The van der Waals surface area contributed by atoms with Crippen LogP contribution in [-0.4, -0.2) is 17.2 Å². The van der Waals surface area contributed by atoms with Crippen molar-refractivity contribution in [3.8, 4) is 0 Å². The summed E-state index contributed by atoms with van der Waals surface area (Å²) in [6.45, 7) is 1.55. The van der Waals surface area contributed by atoms with Crippen LogP contribution in [0, 0.1) is 11.6 Å². The number of aliphatic imine (C=N–C) groups is 1. The van der Waals surface area contributed by atoms with E-state index in [0.29, 0.717) is 16.3 Å². The van der Waals surface area contributed by atoms with E-state index in [2.05, 4.69) is 4.99 Å². The highest BCUT2D eigenvalue weighted by Gasteiger charge is 2.24. The van der Waals surface area contributed by atoms with Crippen LogP contribution in [0.15, 0.2) is 52.6 Å². The summed E-state index contributed by atoms with van der Waals surface area (Å²) in [6.07, 6.45) is 1.21. The SMILES string of the molecule is CC1N=C(OCc2ccc(F)cc2F)C(Cl)=CN1c1cc(CO)ccc1Cl. The van der Waals surface area contributed by atoms with Gasteiger partial charge in [-0.25, -0.2) is 13.8 Å². The topological polar surface area (TPSA) is 45.1 Å². The average molecular weight is 413 g/mol. The van der Waals surface area contributed by atoms with Gasteiger partial charge in [0.25, 0.3) is 0 Å². The van der Waals surface area contributed by atoms with Gasteiger partial charge in [0.15, 0.2) is 0 Å². The summed E-state index contributed by atoms with van der Waals surface area (Å²) in [5.41, 5.74) is 1.53. The summed E-state index contributed by atoms with van der Waals surface area (Å²) in [6, 6.07) is 8.41. The molecule has 3 rings (SSSR count). The third-order valence-corrected chi connectivity index (χ3v) is 4.59. The standard InChI is InChI=1S/C19H16Cl2F2N2O2/c1-11-24-19(27-10-13-3-4-14(22)7-17(13)23)16(21)8-25(11)18-6-12(9-26)2-5-15(18)20/h2-8,11,26H,9-10H2,1H3. The summed E-state index contributed by atoms with van der Waals surface area (Å²) < 4.78 is 32.2. The van der Waals surface area contributed by atoms with Crippen molar-refractivity contribution < 1.29 is 18.6 Å². The van der Waals surface area contributed by atoms with Crippen LogP contribution in [0.3, 0.4) is 0 Å². The molecule has 4 nitrogen and oxygen atoms in total. The van der Waals surface area contributed by atoms with E-state index < -0.39 is 17.8 Å². The molecule has 8 heteroatoms. The van der Waals surface area contributed by atoms with Gasteiger partial charge in [0.1, 0.15) is 29.4 Å². The third-order valence-electron chi connectivity index (χ3n) is 4.01. The molecule has 0 saturated heterocycles. The number of aliphatic hydroxyl groups excluding tert-OH is 1. The zero-order valence-corrected chi connectivity index (χ0v) is 15.8. The molecule has 0 radical (unpaired) electrons. The van der Waals surface area contributed by atoms with Crippen molar-refractivity contribution in [3.63, 3.8) is 0 Å². The van der Waals surface area contributed by atoms with Gasteiger partial charge in [0.2, 0.25) is 5.90 Å². The van der Waals surface area contributed by atoms with E-state index in [4.69, 9.17) is 27.9 Å². The Morgan fingerprint density at radius 3 is 2.67 bits per heavy atom. The lowest BCUT2D eigenvalue weighted by atomic mass is 10.2. The van der Waals surface area contributed by atoms with Crippen molar-refractivity contribution in [3.05, 3.63) is 75.4 Å². The van der Waals surface area contributed by atoms with E-state index in [-0.39, 0.29) is 29.7 Å². The molecule has 1 unspecified atom stereocenters. The zero-order valence-electron chi connectivity index (χ0n) is 14.3. The Morgan fingerprint density at radius 2 is 1.96 bits per heavy atom. The van der Waals surface area contributed by atoms with Gasteiger partial charge in [0.05, 0.1) is 17.3 Å². The summed E-state index contributed by atoms with van der Waals surface area (Å²) in [5, 5.41) is 10.0. The van der Waals surface area contributed by atoms with E-state index in [9.17, 15) is 13.9 Å². The first-order valence-electron chi connectivity index (χ1n) is 8.09. The first-order valence-corrected chi connectivity index (χ1v) is 8.84. The summed E-state index contributed by atoms with van der Waals surface area (Å²) in [5.74, 6) is -1.21. The minimum absolute atomic E-state index is 0.120. The average Bonchev–Trinajstić information content (AvgIpc) is 2.64. The lowest BCUT2D eigenvalue weighted by Gasteiger charge is -2.30. The molecule has 27 heavy (non-hydrogen) atoms. The number of nitrogens with zero attached hydrogens (tertiary/aromatic N) is 2. The highest BCUT2D eigenvalue weighted by molar-refractivity contribution is 6.42. The van der Waals surface area contributed by atoms with Crippen molar-refractivity contribution >= 4 is 34.8 Å². The molecule has 1 aliphatic heterocycles. The van der Waals surface area contributed by atoms with Crippen LogP contribution < -0.4 is 4.90 Å². The molecule has 1 heterocycles. The second kappa shape index (κ2) is 8.25. The second-order valence-corrected chi connectivity index (χ2v) is 6.73. The highest BCUT2D eigenvalue weighted by Crippen LogP contribution is 2.32. The van der Waals surface area contributed by atoms with Crippen LogP contribution in [0.4, 0.5) is 14.5 Å². The molecule has 0 spiro atoms. The Hall–Kier alpha value is -2.15. The predicted octanol–water partition coefficient (Wildman–Crippen LogP) is 4.97. The Labute approximate surface area is 165 Å². The van der Waals surface area contributed by atoms with Gasteiger partial charge >= 0.3 is 0 Å². The number of anilines is 1. The maximum Gasteiger partial charge on any atom is 0.231 e. The first-order chi connectivity index (χ1) is 12.9. The molecule has 1 atom stereocenters. The molecule has 2 aromatic rings. The quantitative estimate of drug-likeness (QED) is 0.770. The summed E-state index contributed by atoms with van der Waals surface area (Å²) >= 11 is 12.5. The highest BCUT2D eigenvalue weighted by atomic mass is 35.5. The van der Waals surface area contributed by atoms with Crippen molar-refractivity contribution in [2.24, 2.45) is 4.99 Å². The molecule has 1 aliphatic rings. The van der Waals surface area contributed by atoms with Crippen LogP contribution in [0.5, 0.6) is 0 Å². The minimum atomic E-state index is -0.700. The molecule has 0 saturated carbocycles. The van der Waals surface area contributed by atoms with E-state index in [1.807, 2.05) is 6.92 Å². The fourth-order valence-electron chi connectivity index (χ4n) is 2.60. The maximum absolute atomic E-state index is 13.7. The number of rotatable bonds is 4. The second-order valence-electron chi connectivity index (χ2n) is 5.92. The van der Waals surface area contributed by atoms with Gasteiger partial charge in [-0.2, -0.15) is 0 Å². The van der Waals surface area contributed by atoms with Crippen LogP contribution in [0.1, 0.15) is 18.1 Å². The molecule has 0 fully saturated rings. The third kappa shape index (κ3) is 4.40. The molecule has 142 valence electrons.